The molecule has 1 amide bonds. The molecule has 164 valence electrons. The molecule has 1 fully saturated rings. The number of terminal acetylenes is 1. The van der Waals surface area contributed by atoms with Crippen molar-refractivity contribution < 1.29 is 17.9 Å². The van der Waals surface area contributed by atoms with Crippen LogP contribution >= 0.6 is 0 Å². The molecule has 0 radical (unpaired) electrons. The monoisotopic (exact) mass is 448 g/mol. The number of hydrogen-bond acceptors (Lipinski definition) is 4. The first-order valence-corrected chi connectivity index (χ1v) is 11.9. The van der Waals surface area contributed by atoms with Crippen molar-refractivity contribution in [2.24, 2.45) is 5.92 Å². The van der Waals surface area contributed by atoms with E-state index in [4.69, 9.17) is 11.2 Å². The number of ether oxygens (including phenoxy) is 1. The van der Waals surface area contributed by atoms with Gasteiger partial charge in [0.15, 0.2) is 0 Å². The third kappa shape index (κ3) is 4.77. The molecule has 1 aliphatic rings. The lowest BCUT2D eigenvalue weighted by molar-refractivity contribution is -0.120. The number of fused-ring (bicyclic) bond motifs is 1. The Kier molecular flexibility index (Phi) is 6.45. The van der Waals surface area contributed by atoms with Crippen molar-refractivity contribution in [3.63, 3.8) is 0 Å². The number of nitrogens with zero attached hydrogens (tertiary/aromatic N) is 1. The van der Waals surface area contributed by atoms with E-state index in [0.717, 1.165) is 10.8 Å². The number of nitrogens with one attached hydrogen (secondary N) is 1. The summed E-state index contributed by atoms with van der Waals surface area (Å²) in [7, 11) is -3.60. The topological polar surface area (TPSA) is 75.7 Å². The van der Waals surface area contributed by atoms with Crippen LogP contribution in [0.4, 0.5) is 5.69 Å². The number of amides is 1. The second-order valence-electron chi connectivity index (χ2n) is 7.69. The Morgan fingerprint density at radius 2 is 1.72 bits per heavy atom. The number of carbonyl (C=O) groups excluding carboxylic acids is 1. The fourth-order valence-electron chi connectivity index (χ4n) is 3.84. The quantitative estimate of drug-likeness (QED) is 0.581. The minimum absolute atomic E-state index is 0.106. The molecule has 0 atom stereocenters. The van der Waals surface area contributed by atoms with E-state index in [9.17, 15) is 13.2 Å². The maximum absolute atomic E-state index is 13.1. The van der Waals surface area contributed by atoms with Gasteiger partial charge in [0.25, 0.3) is 0 Å². The summed E-state index contributed by atoms with van der Waals surface area (Å²) in [6.07, 6.45) is 6.12. The van der Waals surface area contributed by atoms with E-state index in [2.05, 4.69) is 11.2 Å². The molecule has 0 saturated carbocycles. The van der Waals surface area contributed by atoms with Gasteiger partial charge in [-0.2, -0.15) is 4.31 Å². The number of rotatable bonds is 6. The second kappa shape index (κ2) is 9.43. The highest BCUT2D eigenvalue weighted by atomic mass is 32.2. The summed E-state index contributed by atoms with van der Waals surface area (Å²) in [4.78, 5) is 12.9. The van der Waals surface area contributed by atoms with E-state index in [1.807, 2.05) is 30.3 Å². The van der Waals surface area contributed by atoms with Crippen molar-refractivity contribution >= 4 is 32.4 Å². The highest BCUT2D eigenvalue weighted by Gasteiger charge is 2.32. The lowest BCUT2D eigenvalue weighted by Crippen LogP contribution is -2.41. The predicted octanol–water partition coefficient (Wildman–Crippen LogP) is 3.89. The summed E-state index contributed by atoms with van der Waals surface area (Å²) < 4.78 is 33.0. The van der Waals surface area contributed by atoms with Gasteiger partial charge in [0.05, 0.1) is 4.90 Å². The zero-order chi connectivity index (χ0) is 22.6. The van der Waals surface area contributed by atoms with Gasteiger partial charge in [-0.1, -0.05) is 36.3 Å². The third-order valence-electron chi connectivity index (χ3n) is 5.63. The van der Waals surface area contributed by atoms with Crippen molar-refractivity contribution in [2.45, 2.75) is 17.7 Å². The van der Waals surface area contributed by atoms with Gasteiger partial charge < -0.3 is 10.1 Å². The van der Waals surface area contributed by atoms with Crippen LogP contribution in [0.1, 0.15) is 12.8 Å². The van der Waals surface area contributed by atoms with Crippen LogP contribution in [0.5, 0.6) is 5.75 Å². The molecule has 0 unspecified atom stereocenters. The second-order valence-corrected chi connectivity index (χ2v) is 9.63. The third-order valence-corrected chi connectivity index (χ3v) is 7.52. The normalized spacial score (nSPS) is 15.2. The van der Waals surface area contributed by atoms with E-state index in [1.54, 1.807) is 36.4 Å². The molecule has 0 aromatic heterocycles. The van der Waals surface area contributed by atoms with E-state index in [-0.39, 0.29) is 23.3 Å². The smallest absolute Gasteiger partial charge is 0.243 e. The first kappa shape index (κ1) is 21.9. The summed E-state index contributed by atoms with van der Waals surface area (Å²) in [5, 5.41) is 4.78. The molecule has 6 nitrogen and oxygen atoms in total. The molecule has 0 spiro atoms. The first-order chi connectivity index (χ1) is 15.5. The SMILES string of the molecule is C#CCOc1ccc(NC(=O)C2CCN(S(=O)(=O)c3ccc4ccccc4c3)CC2)cc1. The molecule has 1 heterocycles. The maximum Gasteiger partial charge on any atom is 0.243 e. The van der Waals surface area contributed by atoms with Gasteiger partial charge >= 0.3 is 0 Å². The van der Waals surface area contributed by atoms with Gasteiger partial charge in [0.1, 0.15) is 12.4 Å². The van der Waals surface area contributed by atoms with Crippen LogP contribution in [0.25, 0.3) is 10.8 Å². The van der Waals surface area contributed by atoms with Gasteiger partial charge in [-0.3, -0.25) is 4.79 Å². The molecular formula is C25H24N2O4S. The summed E-state index contributed by atoms with van der Waals surface area (Å²) in [5.74, 6) is 2.69. The van der Waals surface area contributed by atoms with E-state index in [0.29, 0.717) is 37.4 Å². The fraction of sp³-hybridized carbons (Fsp3) is 0.240. The number of anilines is 1. The van der Waals surface area contributed by atoms with Crippen molar-refractivity contribution in [3.05, 3.63) is 66.7 Å². The minimum Gasteiger partial charge on any atom is -0.481 e. The largest absolute Gasteiger partial charge is 0.481 e. The van der Waals surface area contributed by atoms with Crippen molar-refractivity contribution in [2.75, 3.05) is 25.0 Å². The molecular weight excluding hydrogens is 424 g/mol. The van der Waals surface area contributed by atoms with Gasteiger partial charge in [0, 0.05) is 24.7 Å². The minimum atomic E-state index is -3.60. The summed E-state index contributed by atoms with van der Waals surface area (Å²) >= 11 is 0. The van der Waals surface area contributed by atoms with Crippen molar-refractivity contribution in [3.8, 4) is 18.1 Å². The van der Waals surface area contributed by atoms with Crippen LogP contribution in [0, 0.1) is 18.3 Å². The summed E-state index contributed by atoms with van der Waals surface area (Å²) in [5.41, 5.74) is 0.661. The van der Waals surface area contributed by atoms with E-state index in [1.165, 1.54) is 4.31 Å². The zero-order valence-electron chi connectivity index (χ0n) is 17.5. The summed E-state index contributed by atoms with van der Waals surface area (Å²) in [6.45, 7) is 0.810. The van der Waals surface area contributed by atoms with Crippen LogP contribution in [-0.4, -0.2) is 38.3 Å². The summed E-state index contributed by atoms with van der Waals surface area (Å²) in [6, 6.07) is 19.8. The predicted molar refractivity (Wildman–Crippen MR) is 125 cm³/mol. The highest BCUT2D eigenvalue weighted by Crippen LogP contribution is 2.27. The van der Waals surface area contributed by atoms with Crippen LogP contribution < -0.4 is 10.1 Å². The number of benzene rings is 3. The van der Waals surface area contributed by atoms with Gasteiger partial charge in [-0.25, -0.2) is 8.42 Å². The van der Waals surface area contributed by atoms with Gasteiger partial charge in [-0.05, 0) is 60.0 Å². The Bertz CT molecular complexity index is 1260. The lowest BCUT2D eigenvalue weighted by atomic mass is 9.97. The van der Waals surface area contributed by atoms with Crippen LogP contribution in [-0.2, 0) is 14.8 Å². The maximum atomic E-state index is 13.1. The van der Waals surface area contributed by atoms with Gasteiger partial charge in [-0.15, -0.1) is 6.42 Å². The fourth-order valence-corrected chi connectivity index (χ4v) is 5.34. The lowest BCUT2D eigenvalue weighted by Gasteiger charge is -2.30. The average molecular weight is 449 g/mol. The number of hydrogen-bond donors (Lipinski definition) is 1. The highest BCUT2D eigenvalue weighted by molar-refractivity contribution is 7.89. The Morgan fingerprint density at radius 1 is 1.03 bits per heavy atom. The van der Waals surface area contributed by atoms with Crippen LogP contribution in [0.15, 0.2) is 71.6 Å². The molecule has 32 heavy (non-hydrogen) atoms. The first-order valence-electron chi connectivity index (χ1n) is 10.4. The van der Waals surface area contributed by atoms with E-state index < -0.39 is 10.0 Å². The zero-order valence-corrected chi connectivity index (χ0v) is 18.3. The number of carbonyl (C=O) groups is 1. The van der Waals surface area contributed by atoms with Gasteiger partial charge in [0.2, 0.25) is 15.9 Å². The molecule has 0 aliphatic carbocycles. The standard InChI is InChI=1S/C25H24N2O4S/c1-2-17-31-23-10-8-22(9-11-23)26-25(28)20-13-15-27(16-14-20)32(29,30)24-12-7-19-5-3-4-6-21(19)18-24/h1,3-12,18,20H,13-17H2,(H,26,28). The molecule has 1 saturated heterocycles. The number of piperidine rings is 1. The molecule has 0 bridgehead atoms. The van der Waals surface area contributed by atoms with Crippen LogP contribution in [0.2, 0.25) is 0 Å². The molecule has 3 aromatic carbocycles. The van der Waals surface area contributed by atoms with E-state index >= 15 is 0 Å². The molecule has 4 rings (SSSR count). The number of sulfonamides is 1. The Morgan fingerprint density at radius 3 is 2.41 bits per heavy atom. The van der Waals surface area contributed by atoms with Crippen LogP contribution in [0.3, 0.4) is 0 Å². The Balaban J connectivity index is 1.36. The molecule has 7 heteroatoms. The average Bonchev–Trinajstić information content (AvgIpc) is 2.83. The molecule has 1 aliphatic heterocycles. The Hall–Kier alpha value is -3.34. The molecule has 3 aromatic rings. The Labute approximate surface area is 188 Å². The molecule has 1 N–H and O–H groups in total. The van der Waals surface area contributed by atoms with Crippen molar-refractivity contribution in [1.82, 2.24) is 4.31 Å². The van der Waals surface area contributed by atoms with Crippen molar-refractivity contribution in [1.29, 1.82) is 0 Å².